The Morgan fingerprint density at radius 1 is 1.24 bits per heavy atom. The Labute approximate surface area is 157 Å². The number of methoxy groups -OCH3 is 2. The van der Waals surface area contributed by atoms with E-state index in [1.54, 1.807) is 14.2 Å². The lowest BCUT2D eigenvalue weighted by Crippen LogP contribution is -2.40. The fourth-order valence-corrected chi connectivity index (χ4v) is 3.61. The van der Waals surface area contributed by atoms with Gasteiger partial charge in [-0.05, 0) is 56.6 Å². The van der Waals surface area contributed by atoms with Crippen molar-refractivity contribution < 1.29 is 9.47 Å². The first-order chi connectivity index (χ1) is 12.2. The number of nitrogens with one attached hydrogen (secondary N) is 2. The minimum Gasteiger partial charge on any atom is -0.493 e. The predicted molar refractivity (Wildman–Crippen MR) is 108 cm³/mol. The van der Waals surface area contributed by atoms with Crippen LogP contribution in [0.15, 0.2) is 18.2 Å². The Kier molecular flexibility index (Phi) is 8.28. The zero-order chi connectivity index (χ0) is 18.1. The minimum atomic E-state index is 0.637. The average molecular weight is 366 g/mol. The quantitative estimate of drug-likeness (QED) is 0.542. The van der Waals surface area contributed by atoms with Crippen LogP contribution in [0.1, 0.15) is 39.0 Å². The highest BCUT2D eigenvalue weighted by atomic mass is 32.1. The lowest BCUT2D eigenvalue weighted by Gasteiger charge is -2.35. The Morgan fingerprint density at radius 3 is 2.76 bits per heavy atom. The summed E-state index contributed by atoms with van der Waals surface area (Å²) >= 11 is 5.38. The summed E-state index contributed by atoms with van der Waals surface area (Å²) < 4.78 is 10.6. The van der Waals surface area contributed by atoms with Crippen molar-refractivity contribution >= 4 is 23.0 Å². The number of hydrogen-bond donors (Lipinski definition) is 2. The smallest absolute Gasteiger partial charge is 0.170 e. The maximum absolute atomic E-state index is 5.38. The summed E-state index contributed by atoms with van der Waals surface area (Å²) in [5.74, 6) is 1.39. The number of piperidine rings is 1. The van der Waals surface area contributed by atoms with Crippen molar-refractivity contribution in [1.82, 2.24) is 10.2 Å². The number of likely N-dealkylation sites (tertiary alicyclic amines) is 1. The number of thiocarbonyl (C=S) groups is 1. The van der Waals surface area contributed by atoms with E-state index in [0.717, 1.165) is 31.2 Å². The van der Waals surface area contributed by atoms with Crippen LogP contribution in [0, 0.1) is 0 Å². The predicted octanol–water partition coefficient (Wildman–Crippen LogP) is 3.64. The van der Waals surface area contributed by atoms with Crippen molar-refractivity contribution in [3.8, 4) is 11.5 Å². The average Bonchev–Trinajstić information content (AvgIpc) is 2.65. The zero-order valence-electron chi connectivity index (χ0n) is 15.6. The van der Waals surface area contributed by atoms with Gasteiger partial charge in [-0.25, -0.2) is 0 Å². The highest BCUT2D eigenvalue weighted by Gasteiger charge is 2.19. The molecule has 1 fully saturated rings. The Balaban J connectivity index is 1.72. The molecule has 1 aliphatic rings. The number of anilines is 1. The molecule has 6 heteroatoms. The summed E-state index contributed by atoms with van der Waals surface area (Å²) in [6.07, 6.45) is 6.43. The van der Waals surface area contributed by atoms with E-state index in [0.29, 0.717) is 16.6 Å². The van der Waals surface area contributed by atoms with Crippen molar-refractivity contribution in [2.75, 3.05) is 39.2 Å². The second-order valence-electron chi connectivity index (χ2n) is 6.40. The van der Waals surface area contributed by atoms with E-state index in [9.17, 15) is 0 Å². The second-order valence-corrected chi connectivity index (χ2v) is 6.81. The van der Waals surface area contributed by atoms with Gasteiger partial charge in [-0.15, -0.1) is 0 Å². The molecule has 1 saturated heterocycles. The molecule has 0 saturated carbocycles. The van der Waals surface area contributed by atoms with Gasteiger partial charge in [0.1, 0.15) is 0 Å². The highest BCUT2D eigenvalue weighted by molar-refractivity contribution is 7.80. The third kappa shape index (κ3) is 6.04. The SMILES string of the molecule is CC[C@@H]1CCCCN1CCCNC(=S)Nc1ccc(OC)c(OC)c1. The molecule has 0 spiro atoms. The molecule has 0 aliphatic carbocycles. The fourth-order valence-electron chi connectivity index (χ4n) is 3.39. The molecular weight excluding hydrogens is 334 g/mol. The van der Waals surface area contributed by atoms with Gasteiger partial charge in [-0.3, -0.25) is 0 Å². The monoisotopic (exact) mass is 365 g/mol. The van der Waals surface area contributed by atoms with E-state index in [2.05, 4.69) is 22.5 Å². The van der Waals surface area contributed by atoms with Crippen LogP contribution in [-0.4, -0.2) is 49.9 Å². The summed E-state index contributed by atoms with van der Waals surface area (Å²) in [6.45, 7) is 5.56. The lowest BCUT2D eigenvalue weighted by atomic mass is 10.00. The van der Waals surface area contributed by atoms with Crippen LogP contribution in [-0.2, 0) is 0 Å². The Morgan fingerprint density at radius 2 is 2.04 bits per heavy atom. The molecule has 1 aliphatic heterocycles. The highest BCUT2D eigenvalue weighted by Crippen LogP contribution is 2.29. The number of benzene rings is 1. The molecule has 140 valence electrons. The topological polar surface area (TPSA) is 45.8 Å². The molecule has 1 heterocycles. The normalized spacial score (nSPS) is 17.8. The van der Waals surface area contributed by atoms with E-state index < -0.39 is 0 Å². The molecule has 25 heavy (non-hydrogen) atoms. The minimum absolute atomic E-state index is 0.637. The molecule has 5 nitrogen and oxygen atoms in total. The maximum atomic E-state index is 5.38. The molecular formula is C19H31N3O2S. The number of nitrogens with zero attached hydrogens (tertiary/aromatic N) is 1. The Bertz CT molecular complexity index is 553. The lowest BCUT2D eigenvalue weighted by molar-refractivity contribution is 0.143. The van der Waals surface area contributed by atoms with Gasteiger partial charge in [0.05, 0.1) is 14.2 Å². The van der Waals surface area contributed by atoms with Crippen LogP contribution in [0.3, 0.4) is 0 Å². The van der Waals surface area contributed by atoms with Gasteiger partial charge < -0.3 is 25.0 Å². The van der Waals surface area contributed by atoms with Crippen molar-refractivity contribution in [2.45, 2.75) is 45.1 Å². The standard InChI is InChI=1S/C19H31N3O2S/c1-4-16-8-5-6-12-22(16)13-7-11-20-19(25)21-15-9-10-17(23-2)18(14-15)24-3/h9-10,14,16H,4-8,11-13H2,1-3H3,(H2,20,21,25)/t16-/m1/s1. The van der Waals surface area contributed by atoms with Crippen LogP contribution in [0.2, 0.25) is 0 Å². The van der Waals surface area contributed by atoms with Gasteiger partial charge in [-0.2, -0.15) is 0 Å². The molecule has 0 unspecified atom stereocenters. The molecule has 0 bridgehead atoms. The van der Waals surface area contributed by atoms with E-state index in [1.165, 1.54) is 32.2 Å². The Hall–Kier alpha value is -1.53. The van der Waals surface area contributed by atoms with Crippen molar-refractivity contribution in [1.29, 1.82) is 0 Å². The first-order valence-electron chi connectivity index (χ1n) is 9.18. The molecule has 1 aromatic rings. The van der Waals surface area contributed by atoms with E-state index >= 15 is 0 Å². The van der Waals surface area contributed by atoms with Crippen LogP contribution >= 0.6 is 12.2 Å². The van der Waals surface area contributed by atoms with Crippen LogP contribution < -0.4 is 20.1 Å². The number of hydrogen-bond acceptors (Lipinski definition) is 4. The molecule has 2 rings (SSSR count). The summed E-state index contributed by atoms with van der Waals surface area (Å²) in [5, 5.41) is 7.13. The van der Waals surface area contributed by atoms with E-state index in [-0.39, 0.29) is 0 Å². The number of ether oxygens (including phenoxy) is 2. The summed E-state index contributed by atoms with van der Waals surface area (Å²) in [7, 11) is 3.25. The third-order valence-corrected chi connectivity index (χ3v) is 5.02. The molecule has 0 radical (unpaired) electrons. The van der Waals surface area contributed by atoms with Crippen molar-refractivity contribution in [3.05, 3.63) is 18.2 Å². The van der Waals surface area contributed by atoms with Gasteiger partial charge in [0.2, 0.25) is 0 Å². The zero-order valence-corrected chi connectivity index (χ0v) is 16.5. The second kappa shape index (κ2) is 10.5. The van der Waals surface area contributed by atoms with Crippen LogP contribution in [0.4, 0.5) is 5.69 Å². The first kappa shape index (κ1) is 19.8. The molecule has 0 aromatic heterocycles. The number of rotatable bonds is 8. The summed E-state index contributed by atoms with van der Waals surface area (Å²) in [5.41, 5.74) is 0.886. The van der Waals surface area contributed by atoms with Crippen LogP contribution in [0.25, 0.3) is 0 Å². The molecule has 2 N–H and O–H groups in total. The maximum Gasteiger partial charge on any atom is 0.170 e. The first-order valence-corrected chi connectivity index (χ1v) is 9.59. The molecule has 1 aromatic carbocycles. The third-order valence-electron chi connectivity index (χ3n) is 4.77. The van der Waals surface area contributed by atoms with E-state index in [4.69, 9.17) is 21.7 Å². The largest absolute Gasteiger partial charge is 0.493 e. The van der Waals surface area contributed by atoms with Gasteiger partial charge >= 0.3 is 0 Å². The van der Waals surface area contributed by atoms with Gasteiger partial charge in [-0.1, -0.05) is 13.3 Å². The van der Waals surface area contributed by atoms with Gasteiger partial charge in [0.15, 0.2) is 16.6 Å². The summed E-state index contributed by atoms with van der Waals surface area (Å²) in [4.78, 5) is 2.63. The van der Waals surface area contributed by atoms with Gasteiger partial charge in [0.25, 0.3) is 0 Å². The molecule has 0 amide bonds. The van der Waals surface area contributed by atoms with Crippen molar-refractivity contribution in [3.63, 3.8) is 0 Å². The van der Waals surface area contributed by atoms with Crippen molar-refractivity contribution in [2.24, 2.45) is 0 Å². The molecule has 1 atom stereocenters. The van der Waals surface area contributed by atoms with Gasteiger partial charge in [0, 0.05) is 30.9 Å². The van der Waals surface area contributed by atoms with Crippen LogP contribution in [0.5, 0.6) is 11.5 Å². The summed E-state index contributed by atoms with van der Waals surface area (Å²) in [6, 6.07) is 6.44. The fraction of sp³-hybridized carbons (Fsp3) is 0.632. The van der Waals surface area contributed by atoms with E-state index in [1.807, 2.05) is 18.2 Å².